The molecule has 0 amide bonds. The van der Waals surface area contributed by atoms with E-state index in [4.69, 9.17) is 10.2 Å². The second-order valence-electron chi connectivity index (χ2n) is 22.6. The van der Waals surface area contributed by atoms with Crippen molar-refractivity contribution in [2.24, 2.45) is 0 Å². The standard InChI is InChI=1S/C40H25N3.C24H16BrN3.C16H11BO2/c1-2-9-30(10-3-1)39-41-42-40(43(39)36-15-7-11-27-8-4-5-14-35(27)36)31-20-16-26(17-21-31)34-24-32-22-18-28-12-6-13-29-19-23-33(25-34)38(32)37(28)29;25-20-15-13-19(14-16-20)24-27-26-23(18-8-2-1-3-9-18)28(24)22-12-6-10-17-7-4-5-11-21(17)22;18-17(19)14-8-12-6-4-10-2-1-3-11-5-7-13(9-14)16(12)15(10)11/h1-25H;1-16H;1-9,18-19H. The number of halogens is 1. The zero-order valence-electron chi connectivity index (χ0n) is 48.4. The Kier molecular flexibility index (Phi) is 13.8. The van der Waals surface area contributed by atoms with Crippen LogP contribution in [-0.4, -0.2) is 46.7 Å². The fourth-order valence-corrected chi connectivity index (χ4v) is 13.3. The zero-order valence-corrected chi connectivity index (χ0v) is 50.0. The van der Waals surface area contributed by atoms with Gasteiger partial charge in [0.1, 0.15) is 0 Å². The second-order valence-corrected chi connectivity index (χ2v) is 23.5. The van der Waals surface area contributed by atoms with E-state index in [1.165, 1.54) is 81.1 Å². The van der Waals surface area contributed by atoms with Gasteiger partial charge in [0.2, 0.25) is 0 Å². The number of benzene rings is 16. The Morgan fingerprint density at radius 2 is 0.556 bits per heavy atom. The van der Waals surface area contributed by atoms with Gasteiger partial charge in [-0.3, -0.25) is 9.13 Å². The van der Waals surface area contributed by atoms with E-state index >= 15 is 0 Å². The lowest BCUT2D eigenvalue weighted by molar-refractivity contribution is 0.426. The minimum atomic E-state index is -1.43. The molecular formula is C80H52BBrN6O2. The molecule has 2 heterocycles. The molecule has 0 aliphatic heterocycles. The first-order chi connectivity index (χ1) is 44.4. The first kappa shape index (κ1) is 54.3. The van der Waals surface area contributed by atoms with Gasteiger partial charge >= 0.3 is 7.12 Å². The van der Waals surface area contributed by atoms with Gasteiger partial charge in [0.25, 0.3) is 0 Å². The molecule has 0 aliphatic rings. The largest absolute Gasteiger partial charge is 0.488 e. The van der Waals surface area contributed by atoms with E-state index in [1.54, 1.807) is 0 Å². The van der Waals surface area contributed by atoms with Gasteiger partial charge in [-0.1, -0.05) is 283 Å². The molecule has 90 heavy (non-hydrogen) atoms. The SMILES string of the molecule is Brc1ccc(-c2nnc(-c3ccccc3)n2-c2cccc3ccccc23)cc1.OB(O)c1cc2ccc3cccc4ccc(c1)c2c34.c1ccc(-c2nnc(-c3ccc(-c4cc5ccc6cccc7ccc(c4)c5c67)cc3)n2-c2cccc3ccccc23)cc1. The maximum absolute atomic E-state index is 9.36. The van der Waals surface area contributed by atoms with Gasteiger partial charge in [0.15, 0.2) is 23.3 Å². The third-order valence-electron chi connectivity index (χ3n) is 17.2. The van der Waals surface area contributed by atoms with E-state index < -0.39 is 7.12 Å². The molecule has 0 unspecified atom stereocenters. The minimum Gasteiger partial charge on any atom is -0.423 e. The Morgan fingerprint density at radius 3 is 0.967 bits per heavy atom. The maximum atomic E-state index is 9.36. The third kappa shape index (κ3) is 9.76. The molecule has 0 fully saturated rings. The van der Waals surface area contributed by atoms with E-state index in [2.05, 4.69) is 266 Å². The van der Waals surface area contributed by atoms with Crippen molar-refractivity contribution in [2.75, 3.05) is 0 Å². The van der Waals surface area contributed by atoms with Crippen molar-refractivity contribution in [1.82, 2.24) is 29.5 Å². The van der Waals surface area contributed by atoms with Crippen LogP contribution in [0.5, 0.6) is 0 Å². The summed E-state index contributed by atoms with van der Waals surface area (Å²) in [7, 11) is -1.43. The fraction of sp³-hybridized carbons (Fsp3) is 0. The van der Waals surface area contributed by atoms with Crippen LogP contribution in [0.3, 0.4) is 0 Å². The Balaban J connectivity index is 0.000000118. The average Bonchev–Trinajstić information content (AvgIpc) is 0.978. The number of aromatic nitrogens is 6. The van der Waals surface area contributed by atoms with Crippen molar-refractivity contribution in [1.29, 1.82) is 0 Å². The molecule has 0 radical (unpaired) electrons. The van der Waals surface area contributed by atoms with Crippen LogP contribution < -0.4 is 5.46 Å². The van der Waals surface area contributed by atoms with E-state index in [0.717, 1.165) is 77.6 Å². The molecular weight excluding hydrogens is 1170 g/mol. The zero-order chi connectivity index (χ0) is 60.2. The number of hydrogen-bond donors (Lipinski definition) is 2. The third-order valence-corrected chi connectivity index (χ3v) is 17.8. The first-order valence-electron chi connectivity index (χ1n) is 29.9. The maximum Gasteiger partial charge on any atom is 0.488 e. The topological polar surface area (TPSA) is 102 Å². The molecule has 8 nitrogen and oxygen atoms in total. The van der Waals surface area contributed by atoms with E-state index in [-0.39, 0.29) is 0 Å². The number of nitrogens with zero attached hydrogens (tertiary/aromatic N) is 6. The summed E-state index contributed by atoms with van der Waals surface area (Å²) in [6, 6.07) is 105. The predicted octanol–water partition coefficient (Wildman–Crippen LogP) is 19.1. The molecule has 0 atom stereocenters. The van der Waals surface area contributed by atoms with Crippen LogP contribution in [-0.2, 0) is 0 Å². The molecule has 2 N–H and O–H groups in total. The highest BCUT2D eigenvalue weighted by atomic mass is 79.9. The highest BCUT2D eigenvalue weighted by molar-refractivity contribution is 9.10. The quantitative estimate of drug-likeness (QED) is 0.116. The van der Waals surface area contributed by atoms with Crippen LogP contribution in [0.25, 0.3) is 154 Å². The summed E-state index contributed by atoms with van der Waals surface area (Å²) >= 11 is 3.51. The Hall–Kier alpha value is -11.1. The van der Waals surface area contributed by atoms with Gasteiger partial charge in [-0.15, -0.1) is 20.4 Å². The summed E-state index contributed by atoms with van der Waals surface area (Å²) in [6.45, 7) is 0. The predicted molar refractivity (Wildman–Crippen MR) is 376 cm³/mol. The molecule has 424 valence electrons. The van der Waals surface area contributed by atoms with Gasteiger partial charge in [0, 0.05) is 37.5 Å². The summed E-state index contributed by atoms with van der Waals surface area (Å²) < 4.78 is 5.39. The average molecular weight is 1220 g/mol. The lowest BCUT2D eigenvalue weighted by atomic mass is 9.78. The summed E-state index contributed by atoms with van der Waals surface area (Å²) in [5.41, 5.74) is 9.14. The Labute approximate surface area is 526 Å². The fourth-order valence-electron chi connectivity index (χ4n) is 13.0. The van der Waals surface area contributed by atoms with Crippen LogP contribution in [0.1, 0.15) is 0 Å². The molecule has 0 bridgehead atoms. The van der Waals surface area contributed by atoms with Crippen LogP contribution in [0, 0.1) is 0 Å². The molecule has 18 aromatic rings. The van der Waals surface area contributed by atoms with Crippen LogP contribution >= 0.6 is 15.9 Å². The van der Waals surface area contributed by atoms with E-state index in [1.807, 2.05) is 72.8 Å². The van der Waals surface area contributed by atoms with Crippen molar-refractivity contribution in [3.8, 4) is 68.1 Å². The van der Waals surface area contributed by atoms with Gasteiger partial charge in [-0.05, 0) is 128 Å². The molecule has 16 aromatic carbocycles. The Morgan fingerprint density at radius 1 is 0.256 bits per heavy atom. The summed E-state index contributed by atoms with van der Waals surface area (Å²) in [6.07, 6.45) is 0. The van der Waals surface area contributed by atoms with E-state index in [0.29, 0.717) is 5.46 Å². The van der Waals surface area contributed by atoms with Gasteiger partial charge in [-0.25, -0.2) is 0 Å². The van der Waals surface area contributed by atoms with E-state index in [9.17, 15) is 10.0 Å². The van der Waals surface area contributed by atoms with Crippen molar-refractivity contribution in [3.63, 3.8) is 0 Å². The normalized spacial score (nSPS) is 11.5. The monoisotopic (exact) mass is 1220 g/mol. The molecule has 0 aliphatic carbocycles. The van der Waals surface area contributed by atoms with Crippen molar-refractivity contribution < 1.29 is 10.0 Å². The molecule has 18 rings (SSSR count). The van der Waals surface area contributed by atoms with Gasteiger partial charge in [-0.2, -0.15) is 0 Å². The first-order valence-corrected chi connectivity index (χ1v) is 30.7. The van der Waals surface area contributed by atoms with Crippen LogP contribution in [0.15, 0.2) is 308 Å². The molecule has 0 spiro atoms. The van der Waals surface area contributed by atoms with Crippen molar-refractivity contribution >= 4 is 115 Å². The van der Waals surface area contributed by atoms with Gasteiger partial charge in [0.05, 0.1) is 11.4 Å². The summed E-state index contributed by atoms with van der Waals surface area (Å²) in [4.78, 5) is 0. The van der Waals surface area contributed by atoms with Crippen molar-refractivity contribution in [2.45, 2.75) is 0 Å². The molecule has 2 aromatic heterocycles. The number of hydrogen-bond acceptors (Lipinski definition) is 6. The molecule has 10 heteroatoms. The lowest BCUT2D eigenvalue weighted by Gasteiger charge is -2.14. The Bertz CT molecular complexity index is 5520. The highest BCUT2D eigenvalue weighted by Gasteiger charge is 2.22. The number of rotatable bonds is 8. The van der Waals surface area contributed by atoms with Gasteiger partial charge < -0.3 is 10.0 Å². The number of fused-ring (bicyclic) bond motifs is 2. The van der Waals surface area contributed by atoms with Crippen LogP contribution in [0.4, 0.5) is 0 Å². The van der Waals surface area contributed by atoms with Crippen molar-refractivity contribution in [3.05, 3.63) is 308 Å². The summed E-state index contributed by atoms with van der Waals surface area (Å²) in [5.74, 6) is 3.29. The highest BCUT2D eigenvalue weighted by Crippen LogP contribution is 2.40. The lowest BCUT2D eigenvalue weighted by Crippen LogP contribution is -2.29. The minimum absolute atomic E-state index is 0.533. The molecule has 0 saturated carbocycles. The smallest absolute Gasteiger partial charge is 0.423 e. The second kappa shape index (κ2) is 22.9. The molecule has 0 saturated heterocycles. The van der Waals surface area contributed by atoms with Crippen LogP contribution in [0.2, 0.25) is 0 Å². The summed E-state index contributed by atoms with van der Waals surface area (Å²) in [5, 5.41) is 56.8.